The third kappa shape index (κ3) is 5.31. The fourth-order valence-electron chi connectivity index (χ4n) is 1.39. The maximum atomic E-state index is 12.3. The van der Waals surface area contributed by atoms with Crippen molar-refractivity contribution < 1.29 is 13.2 Å². The van der Waals surface area contributed by atoms with Gasteiger partial charge in [0.15, 0.2) is 0 Å². The quantitative estimate of drug-likeness (QED) is 0.651. The zero-order valence-corrected chi connectivity index (χ0v) is 10.7. The molecule has 0 aliphatic carbocycles. The van der Waals surface area contributed by atoms with E-state index in [1.807, 2.05) is 19.9 Å². The van der Waals surface area contributed by atoms with Gasteiger partial charge in [-0.3, -0.25) is 0 Å². The van der Waals surface area contributed by atoms with Gasteiger partial charge in [0.25, 0.3) is 0 Å². The average Bonchev–Trinajstić information content (AvgIpc) is 2.20. The summed E-state index contributed by atoms with van der Waals surface area (Å²) in [6.07, 6.45) is 5.55. The molecule has 0 radical (unpaired) electrons. The number of allylic oxidation sites excluding steroid dienone is 1. The molecule has 0 fully saturated rings. The molecule has 0 bridgehead atoms. The molecule has 0 heterocycles. The molecule has 0 aliphatic heterocycles. The Hall–Kier alpha value is -0.900. The van der Waals surface area contributed by atoms with E-state index in [0.717, 1.165) is 18.4 Å². The summed E-state index contributed by atoms with van der Waals surface area (Å²) in [5.41, 5.74) is -2.63. The van der Waals surface area contributed by atoms with Crippen molar-refractivity contribution in [1.29, 1.82) is 0 Å². The van der Waals surface area contributed by atoms with Gasteiger partial charge in [0, 0.05) is 4.90 Å². The summed E-state index contributed by atoms with van der Waals surface area (Å²) in [4.78, 5) is 0.260. The monoisotopic (exact) mass is 260 g/mol. The Morgan fingerprint density at radius 3 is 2.59 bits per heavy atom. The van der Waals surface area contributed by atoms with E-state index in [2.05, 4.69) is 0 Å². The van der Waals surface area contributed by atoms with Gasteiger partial charge in [0.2, 0.25) is 0 Å². The highest BCUT2D eigenvalue weighted by Crippen LogP contribution is 2.39. The molecule has 4 heteroatoms. The molecule has 0 aromatic heterocycles. The molecule has 0 atom stereocenters. The van der Waals surface area contributed by atoms with Crippen LogP contribution in [-0.2, 0) is 0 Å². The Kier molecular flexibility index (Phi) is 5.12. The van der Waals surface area contributed by atoms with Crippen molar-refractivity contribution in [3.05, 3.63) is 35.4 Å². The number of hydrogen-bond acceptors (Lipinski definition) is 1. The molecule has 1 aromatic rings. The molecule has 0 spiro atoms. The third-order valence-corrected chi connectivity index (χ3v) is 2.97. The van der Waals surface area contributed by atoms with Crippen molar-refractivity contribution >= 4 is 17.8 Å². The molecule has 0 amide bonds. The van der Waals surface area contributed by atoms with Crippen LogP contribution in [0.5, 0.6) is 0 Å². The number of benzene rings is 1. The zero-order valence-electron chi connectivity index (χ0n) is 9.84. The highest BCUT2D eigenvalue weighted by molar-refractivity contribution is 8.00. The predicted molar refractivity (Wildman–Crippen MR) is 67.0 cm³/mol. The SMILES string of the molecule is CCC/C=C/c1cc(C)ccc1SC(F)(F)F. The van der Waals surface area contributed by atoms with Gasteiger partial charge in [-0.25, -0.2) is 0 Å². The summed E-state index contributed by atoms with van der Waals surface area (Å²) in [5.74, 6) is 0. The first-order valence-corrected chi connectivity index (χ1v) is 6.27. The minimum absolute atomic E-state index is 0.0571. The summed E-state index contributed by atoms with van der Waals surface area (Å²) in [6.45, 7) is 3.91. The van der Waals surface area contributed by atoms with Crippen LogP contribution < -0.4 is 0 Å². The topological polar surface area (TPSA) is 0 Å². The standard InChI is InChI=1S/C13H15F3S/c1-3-4-5-6-11-9-10(2)7-8-12(11)17-13(14,15)16/h5-9H,3-4H2,1-2H3/b6-5+. The van der Waals surface area contributed by atoms with Crippen LogP contribution in [-0.4, -0.2) is 5.51 Å². The van der Waals surface area contributed by atoms with E-state index in [1.165, 1.54) is 6.07 Å². The molecule has 0 saturated carbocycles. The van der Waals surface area contributed by atoms with E-state index < -0.39 is 5.51 Å². The zero-order chi connectivity index (χ0) is 12.9. The van der Waals surface area contributed by atoms with Gasteiger partial charge in [-0.15, -0.1) is 0 Å². The highest BCUT2D eigenvalue weighted by atomic mass is 32.2. The van der Waals surface area contributed by atoms with Gasteiger partial charge in [0.1, 0.15) is 0 Å². The van der Waals surface area contributed by atoms with Gasteiger partial charge in [0.05, 0.1) is 0 Å². The lowest BCUT2D eigenvalue weighted by Crippen LogP contribution is -2.00. The van der Waals surface area contributed by atoms with Crippen molar-refractivity contribution in [2.24, 2.45) is 0 Å². The van der Waals surface area contributed by atoms with Crippen LogP contribution in [0.2, 0.25) is 0 Å². The van der Waals surface area contributed by atoms with E-state index in [9.17, 15) is 13.2 Å². The first kappa shape index (κ1) is 14.2. The third-order valence-electron chi connectivity index (χ3n) is 2.14. The van der Waals surface area contributed by atoms with Crippen LogP contribution in [0.25, 0.3) is 6.08 Å². The van der Waals surface area contributed by atoms with Gasteiger partial charge in [-0.2, -0.15) is 13.2 Å². The number of rotatable bonds is 4. The van der Waals surface area contributed by atoms with Gasteiger partial charge in [-0.1, -0.05) is 43.2 Å². The Bertz CT molecular complexity index is 394. The molecule has 94 valence electrons. The lowest BCUT2D eigenvalue weighted by molar-refractivity contribution is -0.0328. The number of halogens is 3. The fourth-order valence-corrected chi connectivity index (χ4v) is 2.02. The second-order valence-corrected chi connectivity index (χ2v) is 4.89. The van der Waals surface area contributed by atoms with Crippen molar-refractivity contribution in [3.63, 3.8) is 0 Å². The lowest BCUT2D eigenvalue weighted by atomic mass is 10.1. The van der Waals surface area contributed by atoms with Crippen LogP contribution in [0.15, 0.2) is 29.2 Å². The molecular formula is C13H15F3S. The summed E-state index contributed by atoms with van der Waals surface area (Å²) in [6, 6.07) is 5.00. The van der Waals surface area contributed by atoms with E-state index in [1.54, 1.807) is 18.2 Å². The summed E-state index contributed by atoms with van der Waals surface area (Å²) in [5, 5.41) is 0. The maximum absolute atomic E-state index is 12.3. The normalized spacial score (nSPS) is 12.3. The maximum Gasteiger partial charge on any atom is 0.446 e. The lowest BCUT2D eigenvalue weighted by Gasteiger charge is -2.09. The van der Waals surface area contributed by atoms with Crippen LogP contribution in [0.4, 0.5) is 13.2 Å². The highest BCUT2D eigenvalue weighted by Gasteiger charge is 2.29. The number of thioether (sulfide) groups is 1. The van der Waals surface area contributed by atoms with E-state index in [-0.39, 0.29) is 16.7 Å². The fraction of sp³-hybridized carbons (Fsp3) is 0.385. The first-order valence-electron chi connectivity index (χ1n) is 5.45. The smallest absolute Gasteiger partial charge is 0.160 e. The number of unbranched alkanes of at least 4 members (excludes halogenated alkanes) is 1. The summed E-state index contributed by atoms with van der Waals surface area (Å²) in [7, 11) is 0. The minimum Gasteiger partial charge on any atom is -0.160 e. The molecule has 17 heavy (non-hydrogen) atoms. The molecule has 0 aliphatic rings. The minimum atomic E-state index is -4.23. The van der Waals surface area contributed by atoms with Gasteiger partial charge in [-0.05, 0) is 36.7 Å². The van der Waals surface area contributed by atoms with Crippen molar-refractivity contribution in [2.45, 2.75) is 37.1 Å². The summed E-state index contributed by atoms with van der Waals surface area (Å²) < 4.78 is 37.0. The largest absolute Gasteiger partial charge is 0.446 e. The Labute approximate surface area is 104 Å². The van der Waals surface area contributed by atoms with Crippen molar-refractivity contribution in [1.82, 2.24) is 0 Å². The number of hydrogen-bond donors (Lipinski definition) is 0. The van der Waals surface area contributed by atoms with Crippen LogP contribution >= 0.6 is 11.8 Å². The van der Waals surface area contributed by atoms with Crippen LogP contribution in [0.3, 0.4) is 0 Å². The van der Waals surface area contributed by atoms with E-state index >= 15 is 0 Å². The van der Waals surface area contributed by atoms with Crippen molar-refractivity contribution in [3.8, 4) is 0 Å². The van der Waals surface area contributed by atoms with Crippen LogP contribution in [0.1, 0.15) is 30.9 Å². The van der Waals surface area contributed by atoms with E-state index in [0.29, 0.717) is 5.56 Å². The van der Waals surface area contributed by atoms with Gasteiger partial charge >= 0.3 is 5.51 Å². The first-order chi connectivity index (χ1) is 7.92. The predicted octanol–water partition coefficient (Wildman–Crippen LogP) is 5.42. The molecule has 0 unspecified atom stereocenters. The second kappa shape index (κ2) is 6.15. The van der Waals surface area contributed by atoms with Crippen LogP contribution in [0, 0.1) is 6.92 Å². The van der Waals surface area contributed by atoms with E-state index in [4.69, 9.17) is 0 Å². The molecule has 0 N–H and O–H groups in total. The molecule has 0 saturated heterocycles. The molecule has 1 rings (SSSR count). The average molecular weight is 260 g/mol. The molecule has 1 aromatic carbocycles. The number of alkyl halides is 3. The number of aryl methyl sites for hydroxylation is 1. The Balaban J connectivity index is 2.95. The van der Waals surface area contributed by atoms with Gasteiger partial charge < -0.3 is 0 Å². The Morgan fingerprint density at radius 1 is 1.29 bits per heavy atom. The summed E-state index contributed by atoms with van der Waals surface area (Å²) >= 11 is -0.0571. The second-order valence-electron chi connectivity index (χ2n) is 3.78. The Morgan fingerprint density at radius 2 is 2.00 bits per heavy atom. The molecule has 0 nitrogen and oxygen atoms in total. The molecular weight excluding hydrogens is 245 g/mol. The van der Waals surface area contributed by atoms with Crippen molar-refractivity contribution in [2.75, 3.05) is 0 Å².